The van der Waals surface area contributed by atoms with Gasteiger partial charge >= 0.3 is 0 Å². The molecule has 0 N–H and O–H groups in total. The number of rotatable bonds is 0. The van der Waals surface area contributed by atoms with E-state index in [1.165, 1.54) is 0 Å². The molecule has 0 saturated carbocycles. The molecule has 0 radical (unpaired) electrons. The summed E-state index contributed by atoms with van der Waals surface area (Å²) in [5.74, 6) is 0. The molecule has 0 fully saturated rings. The average molecular weight is 333 g/mol. The van der Waals surface area contributed by atoms with E-state index in [2.05, 4.69) is 20.9 Å². The van der Waals surface area contributed by atoms with Gasteiger partial charge in [0, 0.05) is 15.2 Å². The Morgan fingerprint density at radius 2 is 1.89 bits per heavy atom. The SMILES string of the molecule is Clc1c2cc(Br)ccc2nc2c1oc1ccccc12. The summed E-state index contributed by atoms with van der Waals surface area (Å²) in [5, 5.41) is 2.49. The number of halogens is 2. The van der Waals surface area contributed by atoms with Crippen LogP contribution in [0.2, 0.25) is 5.02 Å². The van der Waals surface area contributed by atoms with Gasteiger partial charge in [0.1, 0.15) is 11.1 Å². The first-order valence-corrected chi connectivity index (χ1v) is 6.97. The van der Waals surface area contributed by atoms with Crippen LogP contribution < -0.4 is 0 Å². The van der Waals surface area contributed by atoms with E-state index in [4.69, 9.17) is 16.0 Å². The lowest BCUT2D eigenvalue weighted by Gasteiger charge is -2.01. The maximum absolute atomic E-state index is 6.46. The highest BCUT2D eigenvalue weighted by atomic mass is 79.9. The Bertz CT molecular complexity index is 945. The zero-order chi connectivity index (χ0) is 13.0. The van der Waals surface area contributed by atoms with Crippen LogP contribution in [0.3, 0.4) is 0 Å². The molecule has 0 aliphatic heterocycles. The van der Waals surface area contributed by atoms with E-state index in [0.29, 0.717) is 10.6 Å². The van der Waals surface area contributed by atoms with Crippen molar-refractivity contribution in [3.05, 3.63) is 52.0 Å². The van der Waals surface area contributed by atoms with Crippen molar-refractivity contribution in [3.8, 4) is 0 Å². The van der Waals surface area contributed by atoms with E-state index in [1.54, 1.807) is 0 Å². The maximum atomic E-state index is 6.46. The molecule has 0 unspecified atom stereocenters. The van der Waals surface area contributed by atoms with E-state index < -0.39 is 0 Å². The minimum Gasteiger partial charge on any atom is -0.453 e. The van der Waals surface area contributed by atoms with Crippen LogP contribution in [0.5, 0.6) is 0 Å². The first-order chi connectivity index (χ1) is 9.24. The lowest BCUT2D eigenvalue weighted by Crippen LogP contribution is -1.82. The molecular formula is C15H7BrClNO. The van der Waals surface area contributed by atoms with Gasteiger partial charge in [-0.2, -0.15) is 0 Å². The van der Waals surface area contributed by atoms with Gasteiger partial charge in [-0.15, -0.1) is 0 Å². The fourth-order valence-electron chi connectivity index (χ4n) is 2.32. The second kappa shape index (κ2) is 3.95. The summed E-state index contributed by atoms with van der Waals surface area (Å²) in [5.41, 5.74) is 3.14. The molecule has 4 heteroatoms. The third-order valence-corrected chi connectivity index (χ3v) is 4.06. The zero-order valence-corrected chi connectivity index (χ0v) is 12.0. The molecule has 4 aromatic rings. The second-order valence-corrected chi connectivity index (χ2v) is 5.66. The van der Waals surface area contributed by atoms with Crippen molar-refractivity contribution in [1.29, 1.82) is 0 Å². The predicted octanol–water partition coefficient (Wildman–Crippen LogP) is 5.55. The van der Waals surface area contributed by atoms with Crippen LogP contribution in [0.4, 0.5) is 0 Å². The molecular weight excluding hydrogens is 326 g/mol. The van der Waals surface area contributed by atoms with E-state index in [-0.39, 0.29) is 0 Å². The molecule has 0 aliphatic carbocycles. The van der Waals surface area contributed by atoms with Crippen molar-refractivity contribution < 1.29 is 4.42 Å². The van der Waals surface area contributed by atoms with Crippen LogP contribution in [0.15, 0.2) is 51.4 Å². The van der Waals surface area contributed by atoms with Crippen molar-refractivity contribution in [2.24, 2.45) is 0 Å². The van der Waals surface area contributed by atoms with Crippen LogP contribution in [0, 0.1) is 0 Å². The Morgan fingerprint density at radius 3 is 2.79 bits per heavy atom. The molecule has 4 rings (SSSR count). The number of hydrogen-bond acceptors (Lipinski definition) is 2. The van der Waals surface area contributed by atoms with E-state index in [9.17, 15) is 0 Å². The van der Waals surface area contributed by atoms with Gasteiger partial charge in [-0.1, -0.05) is 39.7 Å². The summed E-state index contributed by atoms with van der Waals surface area (Å²) >= 11 is 9.91. The van der Waals surface area contributed by atoms with Crippen LogP contribution in [0.1, 0.15) is 0 Å². The first-order valence-electron chi connectivity index (χ1n) is 5.80. The minimum atomic E-state index is 0.609. The highest BCUT2D eigenvalue weighted by molar-refractivity contribution is 9.10. The molecule has 0 atom stereocenters. The third-order valence-electron chi connectivity index (χ3n) is 3.20. The molecule has 0 bridgehead atoms. The highest BCUT2D eigenvalue weighted by Crippen LogP contribution is 2.36. The smallest absolute Gasteiger partial charge is 0.173 e. The summed E-state index contributed by atoms with van der Waals surface area (Å²) < 4.78 is 6.79. The van der Waals surface area contributed by atoms with Gasteiger partial charge in [0.2, 0.25) is 0 Å². The maximum Gasteiger partial charge on any atom is 0.173 e. The normalized spacial score (nSPS) is 11.7. The Kier molecular flexibility index (Phi) is 2.34. The summed E-state index contributed by atoms with van der Waals surface area (Å²) in [6, 6.07) is 13.7. The van der Waals surface area contributed by atoms with Gasteiger partial charge < -0.3 is 4.42 Å². The molecule has 2 aromatic heterocycles. The highest BCUT2D eigenvalue weighted by Gasteiger charge is 2.14. The average Bonchev–Trinajstić information content (AvgIpc) is 2.79. The number of benzene rings is 2. The Morgan fingerprint density at radius 1 is 1.05 bits per heavy atom. The van der Waals surface area contributed by atoms with Crippen molar-refractivity contribution in [3.63, 3.8) is 0 Å². The molecule has 92 valence electrons. The summed E-state index contributed by atoms with van der Waals surface area (Å²) in [6.07, 6.45) is 0. The number of fused-ring (bicyclic) bond motifs is 4. The summed E-state index contributed by atoms with van der Waals surface area (Å²) in [4.78, 5) is 4.67. The lowest BCUT2D eigenvalue weighted by molar-refractivity contribution is 0.669. The monoisotopic (exact) mass is 331 g/mol. The quantitative estimate of drug-likeness (QED) is 0.422. The number of aromatic nitrogens is 1. The fraction of sp³-hybridized carbons (Fsp3) is 0. The van der Waals surface area contributed by atoms with Gasteiger partial charge in [-0.05, 0) is 30.3 Å². The molecule has 19 heavy (non-hydrogen) atoms. The van der Waals surface area contributed by atoms with Gasteiger partial charge in [-0.25, -0.2) is 4.98 Å². The van der Waals surface area contributed by atoms with Gasteiger partial charge in [0.05, 0.1) is 10.5 Å². The van der Waals surface area contributed by atoms with Gasteiger partial charge in [0.25, 0.3) is 0 Å². The third kappa shape index (κ3) is 1.58. The molecule has 0 amide bonds. The van der Waals surface area contributed by atoms with E-state index in [1.807, 2.05) is 42.5 Å². The van der Waals surface area contributed by atoms with Crippen LogP contribution in [-0.4, -0.2) is 4.98 Å². The molecule has 2 heterocycles. The summed E-state index contributed by atoms with van der Waals surface area (Å²) in [7, 11) is 0. The largest absolute Gasteiger partial charge is 0.453 e. The lowest BCUT2D eigenvalue weighted by atomic mass is 10.2. The van der Waals surface area contributed by atoms with Crippen LogP contribution in [-0.2, 0) is 0 Å². The topological polar surface area (TPSA) is 26.0 Å². The number of furan rings is 1. The number of para-hydroxylation sites is 1. The Balaban J connectivity index is 2.29. The molecule has 0 saturated heterocycles. The standard InChI is InChI=1S/C15H7BrClNO/c16-8-5-6-11-10(7-8)13(17)15-14(18-11)9-3-1-2-4-12(9)19-15/h1-7H. The van der Waals surface area contributed by atoms with E-state index in [0.717, 1.165) is 31.9 Å². The molecule has 0 aliphatic rings. The molecule has 2 aromatic carbocycles. The molecule has 0 spiro atoms. The van der Waals surface area contributed by atoms with Crippen LogP contribution >= 0.6 is 27.5 Å². The number of pyridine rings is 1. The van der Waals surface area contributed by atoms with Gasteiger partial charge in [-0.3, -0.25) is 0 Å². The van der Waals surface area contributed by atoms with Crippen molar-refractivity contribution in [2.45, 2.75) is 0 Å². The van der Waals surface area contributed by atoms with Crippen molar-refractivity contribution >= 4 is 60.5 Å². The van der Waals surface area contributed by atoms with Gasteiger partial charge in [0.15, 0.2) is 5.58 Å². The zero-order valence-electron chi connectivity index (χ0n) is 9.65. The number of nitrogens with zero attached hydrogens (tertiary/aromatic N) is 1. The predicted molar refractivity (Wildman–Crippen MR) is 81.7 cm³/mol. The first kappa shape index (κ1) is 11.3. The number of hydrogen-bond donors (Lipinski definition) is 0. The van der Waals surface area contributed by atoms with Crippen molar-refractivity contribution in [2.75, 3.05) is 0 Å². The Hall–Kier alpha value is -1.58. The summed E-state index contributed by atoms with van der Waals surface area (Å²) in [6.45, 7) is 0. The minimum absolute atomic E-state index is 0.609. The molecule has 2 nitrogen and oxygen atoms in total. The Labute approximate surface area is 122 Å². The van der Waals surface area contributed by atoms with Crippen molar-refractivity contribution in [1.82, 2.24) is 4.98 Å². The van der Waals surface area contributed by atoms with Crippen LogP contribution in [0.25, 0.3) is 33.0 Å². The van der Waals surface area contributed by atoms with E-state index >= 15 is 0 Å². The second-order valence-electron chi connectivity index (χ2n) is 4.36. The fourth-order valence-corrected chi connectivity index (χ4v) is 2.96.